The van der Waals surface area contributed by atoms with Gasteiger partial charge >= 0.3 is 0 Å². The van der Waals surface area contributed by atoms with Crippen LogP contribution in [0.1, 0.15) is 33.1 Å². The van der Waals surface area contributed by atoms with Crippen molar-refractivity contribution in [2.45, 2.75) is 38.6 Å². The van der Waals surface area contributed by atoms with E-state index in [0.717, 1.165) is 25.2 Å². The Labute approximate surface area is 80.1 Å². The van der Waals surface area contributed by atoms with Gasteiger partial charge < -0.3 is 11.1 Å². The second-order valence-corrected chi connectivity index (χ2v) is 4.37. The van der Waals surface area contributed by atoms with Gasteiger partial charge in [0.15, 0.2) is 0 Å². The van der Waals surface area contributed by atoms with Crippen LogP contribution in [0, 0.1) is 11.8 Å². The fraction of sp³-hybridized carbons (Fsp3) is 0.900. The van der Waals surface area contributed by atoms with Crippen LogP contribution < -0.4 is 11.1 Å². The molecule has 0 aromatic carbocycles. The van der Waals surface area contributed by atoms with Gasteiger partial charge in [0, 0.05) is 0 Å². The highest BCUT2D eigenvalue weighted by Gasteiger charge is 2.43. The van der Waals surface area contributed by atoms with E-state index in [0.29, 0.717) is 5.92 Å². The summed E-state index contributed by atoms with van der Waals surface area (Å²) >= 11 is 0. The number of amides is 1. The Bertz CT molecular complexity index is 205. The smallest absolute Gasteiger partial charge is 0.237 e. The van der Waals surface area contributed by atoms with Gasteiger partial charge in [0.25, 0.3) is 0 Å². The predicted molar refractivity (Wildman–Crippen MR) is 53.2 cm³/mol. The zero-order chi connectivity index (χ0) is 10.1. The van der Waals surface area contributed by atoms with Crippen LogP contribution in [-0.2, 0) is 4.79 Å². The van der Waals surface area contributed by atoms with E-state index in [-0.39, 0.29) is 5.91 Å². The second kappa shape index (κ2) is 3.66. The van der Waals surface area contributed by atoms with Gasteiger partial charge in [0.05, 0.1) is 5.54 Å². The van der Waals surface area contributed by atoms with E-state index in [1.807, 2.05) is 7.05 Å². The largest absolute Gasteiger partial charge is 0.368 e. The van der Waals surface area contributed by atoms with E-state index in [1.54, 1.807) is 0 Å². The first kappa shape index (κ1) is 10.5. The van der Waals surface area contributed by atoms with Gasteiger partial charge in [-0.15, -0.1) is 0 Å². The number of nitrogens with one attached hydrogen (secondary N) is 1. The number of likely N-dealkylation sites (N-methyl/N-ethyl adjacent to an activating group) is 1. The molecule has 0 radical (unpaired) electrons. The molecule has 0 heterocycles. The van der Waals surface area contributed by atoms with E-state index in [9.17, 15) is 4.79 Å². The summed E-state index contributed by atoms with van der Waals surface area (Å²) in [5, 5.41) is 3.11. The van der Waals surface area contributed by atoms with Crippen molar-refractivity contribution in [2.75, 3.05) is 7.05 Å². The lowest BCUT2D eigenvalue weighted by Gasteiger charge is -2.42. The molecule has 0 aromatic heterocycles. The van der Waals surface area contributed by atoms with Crippen molar-refractivity contribution in [1.82, 2.24) is 5.32 Å². The Balaban J connectivity index is 2.81. The van der Waals surface area contributed by atoms with Crippen LogP contribution in [0.2, 0.25) is 0 Å². The quantitative estimate of drug-likeness (QED) is 0.669. The van der Waals surface area contributed by atoms with Crippen molar-refractivity contribution >= 4 is 5.91 Å². The zero-order valence-corrected chi connectivity index (χ0v) is 8.76. The highest BCUT2D eigenvalue weighted by atomic mass is 16.1. The molecule has 3 heteroatoms. The third-order valence-corrected chi connectivity index (χ3v) is 3.51. The molecular weight excluding hydrogens is 164 g/mol. The molecule has 3 nitrogen and oxygen atoms in total. The third-order valence-electron chi connectivity index (χ3n) is 3.51. The topological polar surface area (TPSA) is 55.1 Å². The minimum atomic E-state index is -0.452. The fourth-order valence-electron chi connectivity index (χ4n) is 2.50. The first-order valence-electron chi connectivity index (χ1n) is 5.01. The van der Waals surface area contributed by atoms with Crippen LogP contribution in [0.3, 0.4) is 0 Å². The summed E-state index contributed by atoms with van der Waals surface area (Å²) in [6.45, 7) is 4.34. The molecule has 0 spiro atoms. The Kier molecular flexibility index (Phi) is 2.96. The SMILES string of the molecule is CNC1(C(N)=O)CCC(C)CC1C. The highest BCUT2D eigenvalue weighted by molar-refractivity contribution is 5.85. The van der Waals surface area contributed by atoms with E-state index in [1.165, 1.54) is 0 Å². The summed E-state index contributed by atoms with van der Waals surface area (Å²) in [5.74, 6) is 0.865. The maximum Gasteiger partial charge on any atom is 0.237 e. The molecule has 0 bridgehead atoms. The molecule has 0 aliphatic heterocycles. The van der Waals surface area contributed by atoms with Crippen molar-refractivity contribution in [2.24, 2.45) is 17.6 Å². The van der Waals surface area contributed by atoms with Crippen molar-refractivity contribution in [1.29, 1.82) is 0 Å². The standard InChI is InChI=1S/C10H20N2O/c1-7-4-5-10(12-3,9(11)13)8(2)6-7/h7-8,12H,4-6H2,1-3H3,(H2,11,13). The highest BCUT2D eigenvalue weighted by Crippen LogP contribution is 2.36. The average Bonchev–Trinajstić information content (AvgIpc) is 2.04. The summed E-state index contributed by atoms with van der Waals surface area (Å²) < 4.78 is 0. The number of hydrogen-bond donors (Lipinski definition) is 2. The molecule has 3 atom stereocenters. The minimum Gasteiger partial charge on any atom is -0.368 e. The molecule has 1 rings (SSSR count). The maximum absolute atomic E-state index is 11.4. The van der Waals surface area contributed by atoms with Crippen LogP contribution in [0.4, 0.5) is 0 Å². The van der Waals surface area contributed by atoms with Crippen molar-refractivity contribution in [3.05, 3.63) is 0 Å². The van der Waals surface area contributed by atoms with Crippen molar-refractivity contribution in [3.8, 4) is 0 Å². The van der Waals surface area contributed by atoms with E-state index >= 15 is 0 Å². The summed E-state index contributed by atoms with van der Waals surface area (Å²) in [4.78, 5) is 11.4. The van der Waals surface area contributed by atoms with Crippen molar-refractivity contribution < 1.29 is 4.79 Å². The Hall–Kier alpha value is -0.570. The Morgan fingerprint density at radius 1 is 1.54 bits per heavy atom. The molecule has 1 amide bonds. The van der Waals surface area contributed by atoms with Crippen LogP contribution in [0.5, 0.6) is 0 Å². The van der Waals surface area contributed by atoms with Crippen LogP contribution in [-0.4, -0.2) is 18.5 Å². The van der Waals surface area contributed by atoms with Crippen molar-refractivity contribution in [3.63, 3.8) is 0 Å². The second-order valence-electron chi connectivity index (χ2n) is 4.37. The van der Waals surface area contributed by atoms with Gasteiger partial charge in [-0.05, 0) is 38.1 Å². The lowest BCUT2D eigenvalue weighted by Crippen LogP contribution is -2.60. The number of primary amides is 1. The number of carbonyl (C=O) groups is 1. The molecule has 3 N–H and O–H groups in total. The monoisotopic (exact) mass is 184 g/mol. The fourth-order valence-corrected chi connectivity index (χ4v) is 2.50. The molecule has 1 aliphatic carbocycles. The van der Waals surface area contributed by atoms with Crippen LogP contribution >= 0.6 is 0 Å². The number of rotatable bonds is 2. The minimum absolute atomic E-state index is 0.200. The zero-order valence-electron chi connectivity index (χ0n) is 8.76. The van der Waals surface area contributed by atoms with Crippen LogP contribution in [0.15, 0.2) is 0 Å². The first-order chi connectivity index (χ1) is 6.03. The summed E-state index contributed by atoms with van der Waals surface area (Å²) in [5.41, 5.74) is 5.00. The number of hydrogen-bond acceptors (Lipinski definition) is 2. The summed E-state index contributed by atoms with van der Waals surface area (Å²) in [6.07, 6.45) is 3.05. The lowest BCUT2D eigenvalue weighted by atomic mass is 9.69. The van der Waals surface area contributed by atoms with Gasteiger partial charge in [-0.25, -0.2) is 0 Å². The average molecular weight is 184 g/mol. The summed E-state index contributed by atoms with van der Waals surface area (Å²) in [6, 6.07) is 0. The van der Waals surface area contributed by atoms with Gasteiger partial charge in [0.1, 0.15) is 0 Å². The summed E-state index contributed by atoms with van der Waals surface area (Å²) in [7, 11) is 1.83. The normalized spacial score (nSPS) is 40.2. The van der Waals surface area contributed by atoms with Gasteiger partial charge in [-0.1, -0.05) is 13.8 Å². The van der Waals surface area contributed by atoms with Gasteiger partial charge in [0.2, 0.25) is 5.91 Å². The molecule has 13 heavy (non-hydrogen) atoms. The third kappa shape index (κ3) is 1.70. The number of carbonyl (C=O) groups excluding carboxylic acids is 1. The first-order valence-corrected chi connectivity index (χ1v) is 5.01. The molecule has 1 saturated carbocycles. The van der Waals surface area contributed by atoms with Crippen LogP contribution in [0.25, 0.3) is 0 Å². The molecule has 0 saturated heterocycles. The van der Waals surface area contributed by atoms with Gasteiger partial charge in [-0.3, -0.25) is 4.79 Å². The van der Waals surface area contributed by atoms with E-state index < -0.39 is 5.54 Å². The Morgan fingerprint density at radius 3 is 2.54 bits per heavy atom. The van der Waals surface area contributed by atoms with E-state index in [4.69, 9.17) is 5.73 Å². The van der Waals surface area contributed by atoms with Gasteiger partial charge in [-0.2, -0.15) is 0 Å². The molecule has 3 unspecified atom stereocenters. The number of nitrogens with two attached hydrogens (primary N) is 1. The molecule has 76 valence electrons. The Morgan fingerprint density at radius 2 is 2.15 bits per heavy atom. The van der Waals surface area contributed by atoms with E-state index in [2.05, 4.69) is 19.2 Å². The predicted octanol–water partition coefficient (Wildman–Crippen LogP) is 0.886. The lowest BCUT2D eigenvalue weighted by molar-refractivity contribution is -0.128. The molecule has 1 aliphatic rings. The molecule has 0 aromatic rings. The molecular formula is C10H20N2O. The maximum atomic E-state index is 11.4. The molecule has 1 fully saturated rings.